The van der Waals surface area contributed by atoms with Gasteiger partial charge in [0.15, 0.2) is 17.5 Å². The van der Waals surface area contributed by atoms with Gasteiger partial charge in [-0.15, -0.1) is 11.3 Å². The Bertz CT molecular complexity index is 2550. The lowest BCUT2D eigenvalue weighted by Crippen LogP contribution is -2.00. The monoisotopic (exact) mass is 617 g/mol. The van der Waals surface area contributed by atoms with Gasteiger partial charge in [-0.25, -0.2) is 15.0 Å². The third-order valence-electron chi connectivity index (χ3n) is 8.75. The average Bonchev–Trinajstić information content (AvgIpc) is 3.53. The summed E-state index contributed by atoms with van der Waals surface area (Å²) in [5.41, 5.74) is 7.54. The molecular formula is C43H27N3S. The van der Waals surface area contributed by atoms with E-state index in [1.165, 1.54) is 42.1 Å². The number of aromatic nitrogens is 3. The van der Waals surface area contributed by atoms with Crippen molar-refractivity contribution in [1.82, 2.24) is 15.0 Å². The maximum atomic E-state index is 4.99. The predicted octanol–water partition coefficient (Wildman–Crippen LogP) is 11.7. The van der Waals surface area contributed by atoms with Gasteiger partial charge in [-0.2, -0.15) is 0 Å². The number of hydrogen-bond donors (Lipinski definition) is 0. The number of nitrogens with zero attached hydrogens (tertiary/aromatic N) is 3. The van der Waals surface area contributed by atoms with E-state index in [2.05, 4.69) is 133 Å². The Morgan fingerprint density at radius 3 is 1.45 bits per heavy atom. The molecule has 0 amide bonds. The smallest absolute Gasteiger partial charge is 0.164 e. The minimum Gasteiger partial charge on any atom is -0.208 e. The van der Waals surface area contributed by atoms with Crippen LogP contribution in [0.25, 0.3) is 87.4 Å². The normalized spacial score (nSPS) is 11.4. The van der Waals surface area contributed by atoms with Gasteiger partial charge in [0, 0.05) is 36.9 Å². The summed E-state index contributed by atoms with van der Waals surface area (Å²) in [5, 5.41) is 5.08. The molecule has 47 heavy (non-hydrogen) atoms. The van der Waals surface area contributed by atoms with Crippen LogP contribution in [0.4, 0.5) is 0 Å². The Morgan fingerprint density at radius 2 is 0.766 bits per heavy atom. The van der Waals surface area contributed by atoms with E-state index in [4.69, 9.17) is 15.0 Å². The molecule has 0 bridgehead atoms. The topological polar surface area (TPSA) is 38.7 Å². The van der Waals surface area contributed by atoms with Crippen LogP contribution in [-0.4, -0.2) is 15.0 Å². The van der Waals surface area contributed by atoms with Crippen molar-refractivity contribution in [2.24, 2.45) is 0 Å². The highest BCUT2D eigenvalue weighted by atomic mass is 32.1. The molecule has 7 aromatic carbocycles. The number of rotatable bonds is 5. The summed E-state index contributed by atoms with van der Waals surface area (Å²) in [6.07, 6.45) is 0. The number of fused-ring (bicyclic) bond motifs is 4. The number of benzene rings is 7. The second-order valence-corrected chi connectivity index (χ2v) is 12.8. The lowest BCUT2D eigenvalue weighted by Gasteiger charge is -2.10. The second-order valence-electron chi connectivity index (χ2n) is 11.7. The molecule has 0 atom stereocenters. The highest BCUT2D eigenvalue weighted by Gasteiger charge is 2.13. The largest absolute Gasteiger partial charge is 0.208 e. The average molecular weight is 618 g/mol. The first-order chi connectivity index (χ1) is 23.2. The molecule has 0 radical (unpaired) electrons. The molecular weight excluding hydrogens is 591 g/mol. The van der Waals surface area contributed by atoms with Gasteiger partial charge in [-0.3, -0.25) is 0 Å². The predicted molar refractivity (Wildman–Crippen MR) is 197 cm³/mol. The molecule has 0 fully saturated rings. The van der Waals surface area contributed by atoms with E-state index in [0.717, 1.165) is 27.8 Å². The summed E-state index contributed by atoms with van der Waals surface area (Å²) in [4.78, 5) is 14.9. The van der Waals surface area contributed by atoms with Crippen molar-refractivity contribution in [2.75, 3.05) is 0 Å². The summed E-state index contributed by atoms with van der Waals surface area (Å²) < 4.78 is 2.63. The van der Waals surface area contributed by atoms with Gasteiger partial charge in [-0.1, -0.05) is 140 Å². The number of hydrogen-bond acceptors (Lipinski definition) is 4. The van der Waals surface area contributed by atoms with Gasteiger partial charge >= 0.3 is 0 Å². The minimum atomic E-state index is 0.651. The fourth-order valence-electron chi connectivity index (χ4n) is 6.25. The van der Waals surface area contributed by atoms with Crippen molar-refractivity contribution in [1.29, 1.82) is 0 Å². The first kappa shape index (κ1) is 27.3. The Morgan fingerprint density at radius 1 is 0.298 bits per heavy atom. The Hall–Kier alpha value is -5.97. The van der Waals surface area contributed by atoms with E-state index in [-0.39, 0.29) is 0 Å². The molecule has 0 saturated heterocycles. The van der Waals surface area contributed by atoms with Gasteiger partial charge in [0.25, 0.3) is 0 Å². The van der Waals surface area contributed by atoms with Gasteiger partial charge < -0.3 is 0 Å². The molecule has 4 heteroatoms. The molecule has 2 heterocycles. The van der Waals surface area contributed by atoms with Crippen LogP contribution in [0.1, 0.15) is 0 Å². The van der Waals surface area contributed by atoms with E-state index >= 15 is 0 Å². The molecule has 0 unspecified atom stereocenters. The lowest BCUT2D eigenvalue weighted by molar-refractivity contribution is 1.07. The van der Waals surface area contributed by atoms with Gasteiger partial charge in [0.05, 0.1) is 0 Å². The van der Waals surface area contributed by atoms with Gasteiger partial charge in [0.1, 0.15) is 0 Å². The third kappa shape index (κ3) is 5.15. The summed E-state index contributed by atoms with van der Waals surface area (Å²) >= 11 is 1.84. The Kier molecular flexibility index (Phi) is 6.65. The fourth-order valence-corrected chi connectivity index (χ4v) is 7.33. The fraction of sp³-hybridized carbons (Fsp3) is 0. The second kappa shape index (κ2) is 11.4. The molecule has 9 aromatic rings. The summed E-state index contributed by atoms with van der Waals surface area (Å²) in [6.45, 7) is 0. The zero-order valence-electron chi connectivity index (χ0n) is 25.3. The molecule has 2 aromatic heterocycles. The van der Waals surface area contributed by atoms with E-state index in [1.807, 2.05) is 41.7 Å². The van der Waals surface area contributed by atoms with E-state index in [1.54, 1.807) is 0 Å². The number of thiophene rings is 1. The minimum absolute atomic E-state index is 0.651. The first-order valence-electron chi connectivity index (χ1n) is 15.7. The highest BCUT2D eigenvalue weighted by molar-refractivity contribution is 7.25. The van der Waals surface area contributed by atoms with Crippen molar-refractivity contribution in [3.63, 3.8) is 0 Å². The zero-order chi connectivity index (χ0) is 31.2. The van der Waals surface area contributed by atoms with Crippen molar-refractivity contribution >= 4 is 42.3 Å². The van der Waals surface area contributed by atoms with Gasteiger partial charge in [-0.05, 0) is 57.3 Å². The highest BCUT2D eigenvalue weighted by Crippen LogP contribution is 2.37. The first-order valence-corrected chi connectivity index (χ1v) is 16.5. The van der Waals surface area contributed by atoms with Crippen LogP contribution in [0.2, 0.25) is 0 Å². The molecule has 0 spiro atoms. The zero-order valence-corrected chi connectivity index (χ0v) is 26.2. The molecule has 0 aliphatic carbocycles. The molecule has 0 N–H and O–H groups in total. The van der Waals surface area contributed by atoms with Gasteiger partial charge in [0.2, 0.25) is 0 Å². The van der Waals surface area contributed by atoms with E-state index < -0.39 is 0 Å². The molecule has 3 nitrogen and oxygen atoms in total. The van der Waals surface area contributed by atoms with Crippen LogP contribution in [0, 0.1) is 0 Å². The van der Waals surface area contributed by atoms with Crippen molar-refractivity contribution in [2.45, 2.75) is 0 Å². The molecule has 0 saturated carbocycles. The van der Waals surface area contributed by atoms with Crippen molar-refractivity contribution in [3.8, 4) is 56.4 Å². The van der Waals surface area contributed by atoms with Crippen LogP contribution < -0.4 is 0 Å². The van der Waals surface area contributed by atoms with Crippen LogP contribution >= 0.6 is 11.3 Å². The maximum absolute atomic E-state index is 4.99. The standard InChI is InChI=1S/C43H27N3S/c1-2-9-31(10-3-1)41-44-42(32-19-14-29(15-20-32)35-23-18-28-8-4-5-11-34(28)26-35)46-43(45-41)33-21-16-30(17-22-33)36-24-25-40-38(27-36)37-12-6-7-13-39(37)47-40/h1-27H. The van der Waals surface area contributed by atoms with Crippen molar-refractivity contribution in [3.05, 3.63) is 164 Å². The van der Waals surface area contributed by atoms with Crippen LogP contribution in [0.15, 0.2) is 164 Å². The Balaban J connectivity index is 1.08. The summed E-state index contributed by atoms with van der Waals surface area (Å²) in [6, 6.07) is 57.6. The Labute approximate surface area is 276 Å². The van der Waals surface area contributed by atoms with Crippen molar-refractivity contribution < 1.29 is 0 Å². The van der Waals surface area contributed by atoms with Crippen LogP contribution in [0.5, 0.6) is 0 Å². The molecule has 220 valence electrons. The van der Waals surface area contributed by atoms with E-state index in [9.17, 15) is 0 Å². The lowest BCUT2D eigenvalue weighted by atomic mass is 10.00. The summed E-state index contributed by atoms with van der Waals surface area (Å²) in [7, 11) is 0. The summed E-state index contributed by atoms with van der Waals surface area (Å²) in [5.74, 6) is 1.96. The SMILES string of the molecule is c1ccc(-c2nc(-c3ccc(-c4ccc5ccccc5c4)cc3)nc(-c3ccc(-c4ccc5sc6ccccc6c5c4)cc3)n2)cc1. The van der Waals surface area contributed by atoms with E-state index in [0.29, 0.717) is 17.5 Å². The maximum Gasteiger partial charge on any atom is 0.164 e. The molecule has 9 rings (SSSR count). The quantitative estimate of drug-likeness (QED) is 0.193. The van der Waals surface area contributed by atoms with Crippen LogP contribution in [-0.2, 0) is 0 Å². The molecule has 0 aliphatic heterocycles. The third-order valence-corrected chi connectivity index (χ3v) is 9.90. The molecule has 0 aliphatic rings. The van der Waals surface area contributed by atoms with Crippen LogP contribution in [0.3, 0.4) is 0 Å².